The summed E-state index contributed by atoms with van der Waals surface area (Å²) in [5.74, 6) is -0.663. The first kappa shape index (κ1) is 15.2. The number of fused-ring (bicyclic) bond motifs is 1. The fourth-order valence-corrected chi connectivity index (χ4v) is 2.18. The number of rotatable bonds is 4. The van der Waals surface area contributed by atoms with Crippen LogP contribution in [0.3, 0.4) is 0 Å². The molecule has 1 aromatic heterocycles. The number of halogens is 3. The molecule has 114 valence electrons. The van der Waals surface area contributed by atoms with Crippen LogP contribution in [0.4, 0.5) is 18.9 Å². The van der Waals surface area contributed by atoms with Crippen molar-refractivity contribution in [2.24, 2.45) is 0 Å². The average molecular weight is 299 g/mol. The number of alkyl halides is 3. The van der Waals surface area contributed by atoms with Crippen molar-refractivity contribution in [3.8, 4) is 0 Å². The molecule has 0 aliphatic carbocycles. The molecule has 1 aromatic carbocycles. The van der Waals surface area contributed by atoms with E-state index in [2.05, 4.69) is 4.98 Å². The van der Waals surface area contributed by atoms with Gasteiger partial charge in [-0.05, 0) is 30.7 Å². The van der Waals surface area contributed by atoms with E-state index < -0.39 is 18.6 Å². The van der Waals surface area contributed by atoms with Gasteiger partial charge >= 0.3 is 6.18 Å². The summed E-state index contributed by atoms with van der Waals surface area (Å²) >= 11 is 0. The first-order chi connectivity index (χ1) is 9.80. The molecule has 0 saturated heterocycles. The minimum absolute atomic E-state index is 0.0514. The molecule has 4 nitrogen and oxygen atoms in total. The Morgan fingerprint density at radius 1 is 1.33 bits per heavy atom. The van der Waals surface area contributed by atoms with E-state index in [-0.39, 0.29) is 12.2 Å². The molecule has 0 atom stereocenters. The largest absolute Gasteiger partial charge is 0.406 e. The first-order valence-electron chi connectivity index (χ1n) is 6.54. The van der Waals surface area contributed by atoms with E-state index in [1.807, 2.05) is 0 Å². The Bertz CT molecular complexity index is 648. The van der Waals surface area contributed by atoms with Crippen molar-refractivity contribution in [1.29, 1.82) is 0 Å². The normalized spacial score (nSPS) is 11.8. The number of aromatic amines is 1. The van der Waals surface area contributed by atoms with Gasteiger partial charge in [0.05, 0.1) is 0 Å². The number of amides is 1. The monoisotopic (exact) mass is 299 g/mol. The van der Waals surface area contributed by atoms with Gasteiger partial charge in [0.2, 0.25) is 0 Å². The van der Waals surface area contributed by atoms with E-state index in [4.69, 9.17) is 5.73 Å². The second kappa shape index (κ2) is 5.67. The Morgan fingerprint density at radius 3 is 2.67 bits per heavy atom. The lowest BCUT2D eigenvalue weighted by Crippen LogP contribution is -2.39. The third-order valence-corrected chi connectivity index (χ3v) is 3.03. The van der Waals surface area contributed by atoms with Gasteiger partial charge < -0.3 is 15.6 Å². The Kier molecular flexibility index (Phi) is 4.11. The summed E-state index contributed by atoms with van der Waals surface area (Å²) in [5, 5.41) is 0.696. The topological polar surface area (TPSA) is 62.1 Å². The lowest BCUT2D eigenvalue weighted by molar-refractivity contribution is -0.140. The number of benzene rings is 1. The van der Waals surface area contributed by atoms with Crippen LogP contribution in [0.5, 0.6) is 0 Å². The fourth-order valence-electron chi connectivity index (χ4n) is 2.18. The van der Waals surface area contributed by atoms with E-state index in [9.17, 15) is 18.0 Å². The highest BCUT2D eigenvalue weighted by Gasteiger charge is 2.33. The molecule has 0 aliphatic rings. The highest BCUT2D eigenvalue weighted by Crippen LogP contribution is 2.22. The summed E-state index contributed by atoms with van der Waals surface area (Å²) in [6.45, 7) is 0.523. The van der Waals surface area contributed by atoms with Crippen molar-refractivity contribution < 1.29 is 18.0 Å². The molecule has 7 heteroatoms. The number of anilines is 1. The fraction of sp³-hybridized carbons (Fsp3) is 0.357. The average Bonchev–Trinajstić information content (AvgIpc) is 2.78. The third kappa shape index (κ3) is 3.68. The molecular formula is C14H16F3N3O. The van der Waals surface area contributed by atoms with Crippen LogP contribution in [-0.4, -0.2) is 35.1 Å². The van der Waals surface area contributed by atoms with Gasteiger partial charge in [0.1, 0.15) is 12.2 Å². The van der Waals surface area contributed by atoms with Crippen LogP contribution >= 0.6 is 0 Å². The zero-order valence-electron chi connectivity index (χ0n) is 11.5. The van der Waals surface area contributed by atoms with Crippen LogP contribution in [0, 0.1) is 0 Å². The molecule has 1 heterocycles. The van der Waals surface area contributed by atoms with Crippen LogP contribution in [-0.2, 0) is 0 Å². The lowest BCUT2D eigenvalue weighted by Gasteiger charge is -2.22. The van der Waals surface area contributed by atoms with Crippen molar-refractivity contribution in [1.82, 2.24) is 9.88 Å². The number of H-pyrrole nitrogens is 1. The van der Waals surface area contributed by atoms with E-state index in [1.54, 1.807) is 25.1 Å². The number of nitrogen functional groups attached to an aromatic ring is 1. The van der Waals surface area contributed by atoms with Crippen LogP contribution in [0.25, 0.3) is 10.9 Å². The second-order valence-corrected chi connectivity index (χ2v) is 4.87. The van der Waals surface area contributed by atoms with Crippen LogP contribution in [0.15, 0.2) is 24.3 Å². The standard InChI is InChI=1S/C14H16F3N3O/c1-2-5-20(8-14(15,16)17)13(21)12-7-9-6-10(18)3-4-11(9)19-12/h3-4,6-7,19H,2,5,8,18H2,1H3. The van der Waals surface area contributed by atoms with Gasteiger partial charge in [-0.3, -0.25) is 4.79 Å². The molecule has 21 heavy (non-hydrogen) atoms. The molecule has 0 radical (unpaired) electrons. The summed E-state index contributed by atoms with van der Waals surface area (Å²) in [6.07, 6.45) is -3.96. The maximum atomic E-state index is 12.5. The van der Waals surface area contributed by atoms with Gasteiger partial charge in [-0.1, -0.05) is 6.92 Å². The molecule has 2 rings (SSSR count). The first-order valence-corrected chi connectivity index (χ1v) is 6.54. The Labute approximate surface area is 119 Å². The molecule has 0 bridgehead atoms. The van der Waals surface area contributed by atoms with Crippen LogP contribution in [0.1, 0.15) is 23.8 Å². The molecular weight excluding hydrogens is 283 g/mol. The molecule has 3 N–H and O–H groups in total. The van der Waals surface area contributed by atoms with Gasteiger partial charge in [0.25, 0.3) is 5.91 Å². The Hall–Kier alpha value is -2.18. The molecule has 1 amide bonds. The maximum Gasteiger partial charge on any atom is 0.406 e. The number of nitrogens with two attached hydrogens (primary N) is 1. The zero-order chi connectivity index (χ0) is 15.6. The van der Waals surface area contributed by atoms with Crippen molar-refractivity contribution >= 4 is 22.5 Å². The van der Waals surface area contributed by atoms with Crippen LogP contribution in [0.2, 0.25) is 0 Å². The number of nitrogens with zero attached hydrogens (tertiary/aromatic N) is 1. The third-order valence-electron chi connectivity index (χ3n) is 3.03. The van der Waals surface area contributed by atoms with Gasteiger partial charge in [-0.2, -0.15) is 13.2 Å². The highest BCUT2D eigenvalue weighted by molar-refractivity contribution is 5.98. The smallest absolute Gasteiger partial charge is 0.399 e. The minimum Gasteiger partial charge on any atom is -0.399 e. The summed E-state index contributed by atoms with van der Waals surface area (Å²) < 4.78 is 37.6. The summed E-state index contributed by atoms with van der Waals surface area (Å²) in [4.78, 5) is 15.9. The van der Waals surface area contributed by atoms with Gasteiger partial charge in [0, 0.05) is 23.1 Å². The molecule has 2 aromatic rings. The number of hydrogen-bond donors (Lipinski definition) is 2. The number of nitrogens with one attached hydrogen (secondary N) is 1. The maximum absolute atomic E-state index is 12.5. The Balaban J connectivity index is 2.29. The lowest BCUT2D eigenvalue weighted by atomic mass is 10.2. The zero-order valence-corrected chi connectivity index (χ0v) is 11.5. The minimum atomic E-state index is -4.42. The van der Waals surface area contributed by atoms with Crippen molar-refractivity contribution in [3.05, 3.63) is 30.0 Å². The van der Waals surface area contributed by atoms with Crippen molar-refractivity contribution in [3.63, 3.8) is 0 Å². The number of hydrogen-bond acceptors (Lipinski definition) is 2. The number of carbonyl (C=O) groups excluding carboxylic acids is 1. The van der Waals surface area contributed by atoms with Gasteiger partial charge in [-0.25, -0.2) is 0 Å². The highest BCUT2D eigenvalue weighted by atomic mass is 19.4. The summed E-state index contributed by atoms with van der Waals surface area (Å²) in [7, 11) is 0. The van der Waals surface area contributed by atoms with Gasteiger partial charge in [-0.15, -0.1) is 0 Å². The molecule has 0 aliphatic heterocycles. The summed E-state index contributed by atoms with van der Waals surface area (Å²) in [6, 6.07) is 6.53. The molecule has 0 spiro atoms. The number of aromatic nitrogens is 1. The number of carbonyl (C=O) groups is 1. The molecule has 0 saturated carbocycles. The predicted molar refractivity (Wildman–Crippen MR) is 75.0 cm³/mol. The SMILES string of the molecule is CCCN(CC(F)(F)F)C(=O)c1cc2cc(N)ccc2[nH]1. The summed E-state index contributed by atoms with van der Waals surface area (Å²) in [5.41, 5.74) is 6.97. The van der Waals surface area contributed by atoms with Gasteiger partial charge in [0.15, 0.2) is 0 Å². The van der Waals surface area contributed by atoms with E-state index >= 15 is 0 Å². The molecule has 0 fully saturated rings. The molecule has 0 unspecified atom stereocenters. The van der Waals surface area contributed by atoms with Crippen LogP contribution < -0.4 is 5.73 Å². The Morgan fingerprint density at radius 2 is 2.05 bits per heavy atom. The predicted octanol–water partition coefficient (Wildman–Crippen LogP) is 3.16. The van der Waals surface area contributed by atoms with E-state index in [0.717, 1.165) is 4.90 Å². The van der Waals surface area contributed by atoms with Crippen molar-refractivity contribution in [2.75, 3.05) is 18.8 Å². The van der Waals surface area contributed by atoms with E-state index in [0.29, 0.717) is 23.0 Å². The second-order valence-electron chi connectivity index (χ2n) is 4.87. The van der Waals surface area contributed by atoms with E-state index in [1.165, 1.54) is 6.07 Å². The quantitative estimate of drug-likeness (QED) is 0.852. The van der Waals surface area contributed by atoms with Crippen molar-refractivity contribution in [2.45, 2.75) is 19.5 Å².